The Morgan fingerprint density at radius 3 is 2.44 bits per heavy atom. The normalized spacial score (nSPS) is 11.5. The van der Waals surface area contributed by atoms with Crippen molar-refractivity contribution in [2.24, 2.45) is 11.8 Å². The fourth-order valence-electron chi connectivity index (χ4n) is 1.53. The Balaban J connectivity index is 2.51. The van der Waals surface area contributed by atoms with Crippen molar-refractivity contribution in [2.45, 2.75) is 39.1 Å². The number of nitrogens with one attached hydrogen (secondary N) is 1. The fraction of sp³-hybridized carbons (Fsp3) is 0.600. The summed E-state index contributed by atoms with van der Waals surface area (Å²) in [6, 6.07) is 5.56. The van der Waals surface area contributed by atoms with Crippen molar-refractivity contribution in [3.8, 4) is 0 Å². The van der Waals surface area contributed by atoms with Crippen LogP contribution in [-0.2, 0) is 6.54 Å². The van der Waals surface area contributed by atoms with E-state index in [2.05, 4.69) is 33.0 Å². The standard InChI is InChI=1S/C15H24FNS/c1-11(2)8-17-9-13-5-6-15(14(16)7-13)18-10-12(3)4/h5-7,11-12,17H,8-10H2,1-4H3. The van der Waals surface area contributed by atoms with Gasteiger partial charge < -0.3 is 5.32 Å². The number of halogens is 1. The van der Waals surface area contributed by atoms with Crippen LogP contribution in [0, 0.1) is 17.7 Å². The highest BCUT2D eigenvalue weighted by Crippen LogP contribution is 2.24. The molecule has 0 aliphatic rings. The lowest BCUT2D eigenvalue weighted by Crippen LogP contribution is -2.19. The number of benzene rings is 1. The third-order valence-corrected chi connectivity index (χ3v) is 3.93. The van der Waals surface area contributed by atoms with Gasteiger partial charge in [-0.2, -0.15) is 0 Å². The molecule has 0 fully saturated rings. The first-order valence-corrected chi connectivity index (χ1v) is 7.59. The molecule has 0 spiro atoms. The maximum absolute atomic E-state index is 13.8. The van der Waals surface area contributed by atoms with Gasteiger partial charge in [-0.25, -0.2) is 4.39 Å². The molecule has 0 radical (unpaired) electrons. The highest BCUT2D eigenvalue weighted by molar-refractivity contribution is 7.99. The van der Waals surface area contributed by atoms with Gasteiger partial charge in [-0.3, -0.25) is 0 Å². The van der Waals surface area contributed by atoms with Crippen LogP contribution >= 0.6 is 11.8 Å². The summed E-state index contributed by atoms with van der Waals surface area (Å²) in [6.45, 7) is 10.3. The van der Waals surface area contributed by atoms with Gasteiger partial charge in [0.1, 0.15) is 5.82 Å². The first-order chi connectivity index (χ1) is 8.49. The SMILES string of the molecule is CC(C)CNCc1ccc(SCC(C)C)c(F)c1. The summed E-state index contributed by atoms with van der Waals surface area (Å²) in [5.41, 5.74) is 1.02. The van der Waals surface area contributed by atoms with Gasteiger partial charge in [-0.1, -0.05) is 33.8 Å². The van der Waals surface area contributed by atoms with E-state index in [1.54, 1.807) is 17.8 Å². The minimum atomic E-state index is -0.0931. The largest absolute Gasteiger partial charge is 0.312 e. The molecule has 18 heavy (non-hydrogen) atoms. The molecule has 0 heterocycles. The number of hydrogen-bond donors (Lipinski definition) is 1. The Kier molecular flexibility index (Phi) is 6.72. The lowest BCUT2D eigenvalue weighted by Gasteiger charge is -2.09. The smallest absolute Gasteiger partial charge is 0.137 e. The van der Waals surface area contributed by atoms with Crippen molar-refractivity contribution < 1.29 is 4.39 Å². The second kappa shape index (κ2) is 7.80. The second-order valence-electron chi connectivity index (χ2n) is 5.49. The summed E-state index contributed by atoms with van der Waals surface area (Å²) in [7, 11) is 0. The van der Waals surface area contributed by atoms with E-state index in [1.807, 2.05) is 12.1 Å². The van der Waals surface area contributed by atoms with E-state index < -0.39 is 0 Å². The zero-order valence-corrected chi connectivity index (χ0v) is 12.6. The summed E-state index contributed by atoms with van der Waals surface area (Å²) in [5, 5.41) is 3.32. The average Bonchev–Trinajstić information content (AvgIpc) is 2.27. The van der Waals surface area contributed by atoms with Gasteiger partial charge in [0.15, 0.2) is 0 Å². The summed E-state index contributed by atoms with van der Waals surface area (Å²) in [5.74, 6) is 2.07. The molecule has 0 aromatic heterocycles. The summed E-state index contributed by atoms with van der Waals surface area (Å²) >= 11 is 1.60. The molecule has 1 aromatic carbocycles. The van der Waals surface area contributed by atoms with Crippen LogP contribution in [0.5, 0.6) is 0 Å². The molecular formula is C15H24FNS. The summed E-state index contributed by atoms with van der Waals surface area (Å²) in [4.78, 5) is 0.760. The molecule has 102 valence electrons. The molecule has 3 heteroatoms. The van der Waals surface area contributed by atoms with E-state index in [1.165, 1.54) is 0 Å². The summed E-state index contributed by atoms with van der Waals surface area (Å²) in [6.07, 6.45) is 0. The predicted octanol–water partition coefficient (Wildman–Crippen LogP) is 4.32. The molecular weight excluding hydrogens is 245 g/mol. The van der Waals surface area contributed by atoms with Gasteiger partial charge >= 0.3 is 0 Å². The zero-order chi connectivity index (χ0) is 13.5. The third-order valence-electron chi connectivity index (χ3n) is 2.45. The highest BCUT2D eigenvalue weighted by atomic mass is 32.2. The zero-order valence-electron chi connectivity index (χ0n) is 11.8. The fourth-order valence-corrected chi connectivity index (χ4v) is 2.41. The van der Waals surface area contributed by atoms with Crippen molar-refractivity contribution in [2.75, 3.05) is 12.3 Å². The topological polar surface area (TPSA) is 12.0 Å². The molecule has 0 atom stereocenters. The van der Waals surface area contributed by atoms with Crippen molar-refractivity contribution >= 4 is 11.8 Å². The lowest BCUT2D eigenvalue weighted by atomic mass is 10.2. The molecule has 1 aromatic rings. The van der Waals surface area contributed by atoms with Crippen LogP contribution in [0.3, 0.4) is 0 Å². The van der Waals surface area contributed by atoms with Gasteiger partial charge in [0.05, 0.1) is 0 Å². The van der Waals surface area contributed by atoms with E-state index in [0.29, 0.717) is 11.8 Å². The van der Waals surface area contributed by atoms with Gasteiger partial charge in [0.25, 0.3) is 0 Å². The van der Waals surface area contributed by atoms with E-state index in [4.69, 9.17) is 0 Å². The van der Waals surface area contributed by atoms with Gasteiger partial charge in [0, 0.05) is 17.2 Å². The van der Waals surface area contributed by atoms with Crippen molar-refractivity contribution in [3.05, 3.63) is 29.6 Å². The van der Waals surface area contributed by atoms with Gasteiger partial charge in [0.2, 0.25) is 0 Å². The molecule has 0 aliphatic carbocycles. The number of hydrogen-bond acceptors (Lipinski definition) is 2. The molecule has 1 rings (SSSR count). The van der Waals surface area contributed by atoms with Crippen LogP contribution in [0.1, 0.15) is 33.3 Å². The number of rotatable bonds is 7. The molecule has 1 N–H and O–H groups in total. The third kappa shape index (κ3) is 5.87. The molecule has 0 saturated carbocycles. The first-order valence-electron chi connectivity index (χ1n) is 6.61. The molecule has 0 bridgehead atoms. The van der Waals surface area contributed by atoms with Crippen LogP contribution in [0.2, 0.25) is 0 Å². The average molecular weight is 269 g/mol. The molecule has 0 aliphatic heterocycles. The maximum Gasteiger partial charge on any atom is 0.137 e. The molecule has 0 unspecified atom stereocenters. The minimum absolute atomic E-state index is 0.0931. The van der Waals surface area contributed by atoms with E-state index >= 15 is 0 Å². The summed E-state index contributed by atoms with van der Waals surface area (Å²) < 4.78 is 13.8. The second-order valence-corrected chi connectivity index (χ2v) is 6.56. The molecule has 1 nitrogen and oxygen atoms in total. The van der Waals surface area contributed by atoms with E-state index in [-0.39, 0.29) is 5.82 Å². The Bertz CT molecular complexity index is 364. The van der Waals surface area contributed by atoms with Crippen LogP contribution in [-0.4, -0.2) is 12.3 Å². The van der Waals surface area contributed by atoms with Crippen LogP contribution in [0.25, 0.3) is 0 Å². The minimum Gasteiger partial charge on any atom is -0.312 e. The van der Waals surface area contributed by atoms with Crippen LogP contribution < -0.4 is 5.32 Å². The highest BCUT2D eigenvalue weighted by Gasteiger charge is 2.05. The maximum atomic E-state index is 13.8. The van der Waals surface area contributed by atoms with Crippen LogP contribution in [0.4, 0.5) is 4.39 Å². The van der Waals surface area contributed by atoms with E-state index in [0.717, 1.165) is 29.3 Å². The van der Waals surface area contributed by atoms with Crippen LogP contribution in [0.15, 0.2) is 23.1 Å². The monoisotopic (exact) mass is 269 g/mol. The van der Waals surface area contributed by atoms with Crippen molar-refractivity contribution in [3.63, 3.8) is 0 Å². The quantitative estimate of drug-likeness (QED) is 0.740. The Morgan fingerprint density at radius 2 is 1.89 bits per heavy atom. The van der Waals surface area contributed by atoms with Gasteiger partial charge in [-0.05, 0) is 36.1 Å². The van der Waals surface area contributed by atoms with Gasteiger partial charge in [-0.15, -0.1) is 11.8 Å². The Labute approximate surface area is 115 Å². The Hall–Kier alpha value is -0.540. The molecule has 0 saturated heterocycles. The lowest BCUT2D eigenvalue weighted by molar-refractivity contribution is 0.548. The van der Waals surface area contributed by atoms with E-state index in [9.17, 15) is 4.39 Å². The first kappa shape index (κ1) is 15.5. The predicted molar refractivity (Wildman–Crippen MR) is 78.5 cm³/mol. The van der Waals surface area contributed by atoms with Crippen molar-refractivity contribution in [1.29, 1.82) is 0 Å². The van der Waals surface area contributed by atoms with Crippen molar-refractivity contribution in [1.82, 2.24) is 5.32 Å². The number of thioether (sulfide) groups is 1. The molecule has 0 amide bonds. The Morgan fingerprint density at radius 1 is 1.17 bits per heavy atom.